The lowest BCUT2D eigenvalue weighted by Gasteiger charge is -2.14. The Morgan fingerprint density at radius 2 is 1.79 bits per heavy atom. The molecule has 1 fully saturated rings. The third-order valence-electron chi connectivity index (χ3n) is 6.83. The van der Waals surface area contributed by atoms with Crippen LogP contribution in [0.4, 0.5) is 17.3 Å². The first-order chi connectivity index (χ1) is 18.5. The lowest BCUT2D eigenvalue weighted by molar-refractivity contribution is 0.0946. The van der Waals surface area contributed by atoms with Crippen molar-refractivity contribution in [3.8, 4) is 11.5 Å². The molecule has 1 amide bonds. The van der Waals surface area contributed by atoms with Crippen molar-refractivity contribution in [2.75, 3.05) is 50.5 Å². The molecule has 1 aliphatic heterocycles. The van der Waals surface area contributed by atoms with E-state index in [4.69, 9.17) is 9.72 Å². The van der Waals surface area contributed by atoms with Crippen molar-refractivity contribution < 1.29 is 9.53 Å². The smallest absolute Gasteiger partial charge is 0.270 e. The van der Waals surface area contributed by atoms with Gasteiger partial charge in [-0.2, -0.15) is 0 Å². The summed E-state index contributed by atoms with van der Waals surface area (Å²) >= 11 is 0. The first-order valence-corrected chi connectivity index (χ1v) is 13.1. The number of benzene rings is 2. The highest BCUT2D eigenvalue weighted by Crippen LogP contribution is 2.28. The van der Waals surface area contributed by atoms with Crippen molar-refractivity contribution in [1.29, 1.82) is 0 Å². The van der Waals surface area contributed by atoms with Gasteiger partial charge in [0.15, 0.2) is 0 Å². The van der Waals surface area contributed by atoms with Gasteiger partial charge in [-0.05, 0) is 81.4 Å². The Morgan fingerprint density at radius 3 is 2.55 bits per heavy atom. The molecule has 9 heteroatoms. The average Bonchev–Trinajstić information content (AvgIpc) is 3.55. The molecule has 0 saturated carbocycles. The second kappa shape index (κ2) is 11.5. The van der Waals surface area contributed by atoms with Crippen molar-refractivity contribution in [3.63, 3.8) is 0 Å². The molecule has 0 aliphatic carbocycles. The summed E-state index contributed by atoms with van der Waals surface area (Å²) in [5.74, 6) is 1.74. The van der Waals surface area contributed by atoms with Crippen LogP contribution in [-0.2, 0) is 7.05 Å². The van der Waals surface area contributed by atoms with E-state index in [1.54, 1.807) is 18.3 Å². The Kier molecular flexibility index (Phi) is 7.74. The number of imidazole rings is 1. The van der Waals surface area contributed by atoms with E-state index in [-0.39, 0.29) is 5.91 Å². The summed E-state index contributed by atoms with van der Waals surface area (Å²) in [4.78, 5) is 26.1. The summed E-state index contributed by atoms with van der Waals surface area (Å²) in [7, 11) is 6.02. The first-order valence-electron chi connectivity index (χ1n) is 13.1. The molecule has 0 atom stereocenters. The van der Waals surface area contributed by atoms with Gasteiger partial charge in [0, 0.05) is 57.4 Å². The number of rotatable bonds is 10. The van der Waals surface area contributed by atoms with Gasteiger partial charge in [0.25, 0.3) is 5.91 Å². The molecule has 2 aromatic carbocycles. The van der Waals surface area contributed by atoms with E-state index in [9.17, 15) is 4.79 Å². The lowest BCUT2D eigenvalue weighted by Crippen LogP contribution is -2.29. The van der Waals surface area contributed by atoms with Crippen LogP contribution < -0.4 is 20.3 Å². The Bertz CT molecular complexity index is 1390. The van der Waals surface area contributed by atoms with Crippen LogP contribution >= 0.6 is 0 Å². The Labute approximate surface area is 223 Å². The fourth-order valence-corrected chi connectivity index (χ4v) is 4.66. The number of fused-ring (bicyclic) bond motifs is 1. The molecule has 9 nitrogen and oxygen atoms in total. The minimum atomic E-state index is -0.189. The van der Waals surface area contributed by atoms with E-state index in [1.165, 1.54) is 25.9 Å². The van der Waals surface area contributed by atoms with E-state index in [1.807, 2.05) is 56.0 Å². The lowest BCUT2D eigenvalue weighted by atomic mass is 10.2. The van der Waals surface area contributed by atoms with Crippen molar-refractivity contribution in [2.24, 2.45) is 7.05 Å². The topological polar surface area (TPSA) is 87.5 Å². The number of aromatic nitrogens is 3. The normalized spacial score (nSPS) is 13.6. The minimum Gasteiger partial charge on any atom is -0.457 e. The van der Waals surface area contributed by atoms with E-state index in [0.717, 1.165) is 41.3 Å². The van der Waals surface area contributed by atoms with Crippen LogP contribution in [0.5, 0.6) is 11.5 Å². The van der Waals surface area contributed by atoms with Gasteiger partial charge >= 0.3 is 0 Å². The Morgan fingerprint density at radius 1 is 1.03 bits per heavy atom. The predicted octanol–water partition coefficient (Wildman–Crippen LogP) is 4.79. The van der Waals surface area contributed by atoms with Crippen LogP contribution in [0.15, 0.2) is 60.8 Å². The Balaban J connectivity index is 1.22. The summed E-state index contributed by atoms with van der Waals surface area (Å²) in [6.45, 7) is 3.99. The summed E-state index contributed by atoms with van der Waals surface area (Å²) in [6.07, 6.45) is 5.09. The number of hydrogen-bond acceptors (Lipinski definition) is 7. The standard InChI is InChI=1S/C29H35N7O2/c1-34(2)22-9-7-21(8-10-22)32-29-33-25-19-23(11-12-27(25)35(29)3)38-24-13-15-30-26(20-24)28(37)31-14-6-18-36-16-4-5-17-36/h7-13,15,19-20H,4-6,14,16-18H2,1-3H3,(H,31,37)(H,32,33). The van der Waals surface area contributed by atoms with Crippen LogP contribution in [0, 0.1) is 0 Å². The number of anilines is 3. The molecule has 3 heterocycles. The fourth-order valence-electron chi connectivity index (χ4n) is 4.66. The zero-order chi connectivity index (χ0) is 26.5. The summed E-state index contributed by atoms with van der Waals surface area (Å²) in [6, 6.07) is 17.4. The average molecular weight is 514 g/mol. The van der Waals surface area contributed by atoms with Crippen LogP contribution in [0.25, 0.3) is 11.0 Å². The zero-order valence-electron chi connectivity index (χ0n) is 22.3. The quantitative estimate of drug-likeness (QED) is 0.295. The maximum atomic E-state index is 12.6. The number of pyridine rings is 1. The highest BCUT2D eigenvalue weighted by atomic mass is 16.5. The molecule has 5 rings (SSSR count). The third-order valence-corrected chi connectivity index (χ3v) is 6.83. The molecular weight excluding hydrogens is 478 g/mol. The number of aryl methyl sites for hydroxylation is 1. The Hall–Kier alpha value is -4.11. The van der Waals surface area contributed by atoms with Crippen LogP contribution in [0.2, 0.25) is 0 Å². The maximum absolute atomic E-state index is 12.6. The predicted molar refractivity (Wildman–Crippen MR) is 152 cm³/mol. The molecular formula is C29H35N7O2. The second-order valence-electron chi connectivity index (χ2n) is 9.85. The number of amides is 1. The van der Waals surface area contributed by atoms with Crippen molar-refractivity contribution in [1.82, 2.24) is 24.8 Å². The van der Waals surface area contributed by atoms with E-state index in [0.29, 0.717) is 23.7 Å². The monoisotopic (exact) mass is 513 g/mol. The molecule has 0 unspecified atom stereocenters. The molecule has 2 N–H and O–H groups in total. The molecule has 0 radical (unpaired) electrons. The number of carbonyl (C=O) groups is 1. The van der Waals surface area contributed by atoms with Gasteiger partial charge in [-0.15, -0.1) is 0 Å². The SMILES string of the molecule is CN(C)c1ccc(Nc2nc3cc(Oc4ccnc(C(=O)NCCCN5CCCC5)c4)ccc3n2C)cc1. The second-order valence-corrected chi connectivity index (χ2v) is 9.85. The number of nitrogens with one attached hydrogen (secondary N) is 2. The van der Waals surface area contributed by atoms with Gasteiger partial charge < -0.3 is 29.7 Å². The number of carbonyl (C=O) groups excluding carboxylic acids is 1. The molecule has 0 bridgehead atoms. The van der Waals surface area contributed by atoms with Crippen LogP contribution in [0.1, 0.15) is 29.8 Å². The third kappa shape index (κ3) is 6.06. The fraction of sp³-hybridized carbons (Fsp3) is 0.345. The van der Waals surface area contributed by atoms with Crippen LogP contribution in [-0.4, -0.2) is 65.6 Å². The number of hydrogen-bond donors (Lipinski definition) is 2. The molecule has 4 aromatic rings. The summed E-state index contributed by atoms with van der Waals surface area (Å²) in [5.41, 5.74) is 4.23. The van der Waals surface area contributed by atoms with Crippen molar-refractivity contribution in [2.45, 2.75) is 19.3 Å². The van der Waals surface area contributed by atoms with E-state index < -0.39 is 0 Å². The van der Waals surface area contributed by atoms with Crippen LogP contribution in [0.3, 0.4) is 0 Å². The van der Waals surface area contributed by atoms with Gasteiger partial charge in [0.05, 0.1) is 11.0 Å². The molecule has 0 spiro atoms. The first kappa shape index (κ1) is 25.5. The van der Waals surface area contributed by atoms with E-state index in [2.05, 4.69) is 37.6 Å². The highest BCUT2D eigenvalue weighted by molar-refractivity contribution is 5.92. The number of nitrogens with zero attached hydrogens (tertiary/aromatic N) is 5. The van der Waals surface area contributed by atoms with Gasteiger partial charge in [-0.25, -0.2) is 4.98 Å². The van der Waals surface area contributed by atoms with Gasteiger partial charge in [-0.1, -0.05) is 0 Å². The number of likely N-dealkylation sites (tertiary alicyclic amines) is 1. The highest BCUT2D eigenvalue weighted by Gasteiger charge is 2.13. The molecule has 2 aromatic heterocycles. The summed E-state index contributed by atoms with van der Waals surface area (Å²) < 4.78 is 8.08. The molecule has 1 saturated heterocycles. The van der Waals surface area contributed by atoms with Crippen molar-refractivity contribution >= 4 is 34.3 Å². The van der Waals surface area contributed by atoms with E-state index >= 15 is 0 Å². The summed E-state index contributed by atoms with van der Waals surface area (Å²) in [5, 5.41) is 6.36. The molecule has 198 valence electrons. The van der Waals surface area contributed by atoms with Gasteiger partial charge in [0.2, 0.25) is 5.95 Å². The van der Waals surface area contributed by atoms with Crippen molar-refractivity contribution in [3.05, 3.63) is 66.5 Å². The van der Waals surface area contributed by atoms with Gasteiger partial charge in [-0.3, -0.25) is 9.78 Å². The largest absolute Gasteiger partial charge is 0.457 e. The minimum absolute atomic E-state index is 0.189. The number of ether oxygens (including phenoxy) is 1. The molecule has 1 aliphatic rings. The zero-order valence-corrected chi connectivity index (χ0v) is 22.3. The molecule has 38 heavy (non-hydrogen) atoms. The maximum Gasteiger partial charge on any atom is 0.270 e. The van der Waals surface area contributed by atoms with Gasteiger partial charge in [0.1, 0.15) is 17.2 Å².